The molecule has 0 radical (unpaired) electrons. The summed E-state index contributed by atoms with van der Waals surface area (Å²) >= 11 is 0. The van der Waals surface area contributed by atoms with E-state index in [4.69, 9.17) is 5.73 Å². The molecule has 30 heavy (non-hydrogen) atoms. The minimum atomic E-state index is -0.443. The Labute approximate surface area is 177 Å². The van der Waals surface area contributed by atoms with Gasteiger partial charge in [-0.25, -0.2) is 0 Å². The van der Waals surface area contributed by atoms with Gasteiger partial charge in [-0.05, 0) is 66.6 Å². The van der Waals surface area contributed by atoms with E-state index in [1.807, 2.05) is 48.7 Å². The van der Waals surface area contributed by atoms with Crippen molar-refractivity contribution < 1.29 is 9.90 Å². The summed E-state index contributed by atoms with van der Waals surface area (Å²) in [5.74, 6) is -0.443. The van der Waals surface area contributed by atoms with E-state index in [2.05, 4.69) is 22.4 Å². The zero-order valence-electron chi connectivity index (χ0n) is 16.9. The number of pyridine rings is 1. The second-order valence-corrected chi connectivity index (χ2v) is 7.93. The molecule has 1 aliphatic carbocycles. The molecule has 0 bridgehead atoms. The van der Waals surface area contributed by atoms with Crippen LogP contribution < -0.4 is 11.1 Å². The third-order valence-electron chi connectivity index (χ3n) is 5.77. The van der Waals surface area contributed by atoms with Gasteiger partial charge in [0.15, 0.2) is 0 Å². The maximum absolute atomic E-state index is 12.0. The van der Waals surface area contributed by atoms with Crippen molar-refractivity contribution in [3.8, 4) is 11.1 Å². The van der Waals surface area contributed by atoms with Crippen molar-refractivity contribution in [2.24, 2.45) is 5.73 Å². The highest BCUT2D eigenvalue weighted by Crippen LogP contribution is 2.31. The van der Waals surface area contributed by atoms with Crippen molar-refractivity contribution in [1.82, 2.24) is 4.98 Å². The van der Waals surface area contributed by atoms with E-state index >= 15 is 0 Å². The number of rotatable bonds is 6. The number of amides is 1. The maximum Gasteiger partial charge on any atom is 0.250 e. The molecule has 1 aromatic heterocycles. The summed E-state index contributed by atoms with van der Waals surface area (Å²) in [5.41, 5.74) is 11.2. The molecule has 0 unspecified atom stereocenters. The van der Waals surface area contributed by atoms with Crippen LogP contribution in [0.3, 0.4) is 0 Å². The predicted molar refractivity (Wildman–Crippen MR) is 119 cm³/mol. The quantitative estimate of drug-likeness (QED) is 0.579. The lowest BCUT2D eigenvalue weighted by Crippen LogP contribution is -2.29. The Hall–Kier alpha value is -3.18. The van der Waals surface area contributed by atoms with Crippen LogP contribution >= 0.6 is 0 Å². The minimum absolute atomic E-state index is 0.219. The monoisotopic (exact) mass is 401 g/mol. The molecule has 5 nitrogen and oxygen atoms in total. The van der Waals surface area contributed by atoms with Gasteiger partial charge in [0.05, 0.1) is 11.7 Å². The summed E-state index contributed by atoms with van der Waals surface area (Å²) in [6.07, 6.45) is 5.62. The van der Waals surface area contributed by atoms with E-state index in [-0.39, 0.29) is 12.1 Å². The first-order chi connectivity index (χ1) is 14.6. The summed E-state index contributed by atoms with van der Waals surface area (Å²) < 4.78 is 0. The van der Waals surface area contributed by atoms with Crippen LogP contribution in [0.15, 0.2) is 66.9 Å². The number of aromatic nitrogens is 1. The number of hydrogen-bond acceptors (Lipinski definition) is 4. The van der Waals surface area contributed by atoms with Gasteiger partial charge in [0.25, 0.3) is 5.91 Å². The van der Waals surface area contributed by atoms with Gasteiger partial charge >= 0.3 is 0 Å². The molecule has 1 aliphatic rings. The second kappa shape index (κ2) is 9.09. The first-order valence-electron chi connectivity index (χ1n) is 10.5. The average Bonchev–Trinajstić information content (AvgIpc) is 2.76. The summed E-state index contributed by atoms with van der Waals surface area (Å²) in [5, 5.41) is 13.3. The third kappa shape index (κ3) is 4.69. The van der Waals surface area contributed by atoms with E-state index in [0.29, 0.717) is 5.56 Å². The zero-order valence-corrected chi connectivity index (χ0v) is 16.9. The highest BCUT2D eigenvalue weighted by molar-refractivity contribution is 5.99. The molecule has 4 rings (SSSR count). The Bertz CT molecular complexity index is 1010. The molecule has 3 aromatic rings. The van der Waals surface area contributed by atoms with Gasteiger partial charge in [0, 0.05) is 30.0 Å². The lowest BCUT2D eigenvalue weighted by Gasteiger charge is -2.28. The van der Waals surface area contributed by atoms with Crippen LogP contribution in [0.1, 0.15) is 47.3 Å². The van der Waals surface area contributed by atoms with Crippen molar-refractivity contribution in [2.45, 2.75) is 44.2 Å². The van der Waals surface area contributed by atoms with Crippen LogP contribution in [-0.2, 0) is 6.42 Å². The Morgan fingerprint density at radius 1 is 1.03 bits per heavy atom. The van der Waals surface area contributed by atoms with Crippen LogP contribution in [0, 0.1) is 0 Å². The normalized spacial score (nSPS) is 18.7. The first-order valence-corrected chi connectivity index (χ1v) is 10.5. The number of carbonyl (C=O) groups is 1. The van der Waals surface area contributed by atoms with Gasteiger partial charge in [-0.3, -0.25) is 9.78 Å². The lowest BCUT2D eigenvalue weighted by molar-refractivity contribution is 0.100. The van der Waals surface area contributed by atoms with Gasteiger partial charge in [-0.15, -0.1) is 0 Å². The molecule has 1 heterocycles. The molecule has 154 valence electrons. The standard InChI is InChI=1S/C25H27N3O2/c26-25(30)23-13-8-18(16-24(23)28-19-9-11-21(29)12-10-19)22-7-2-1-5-17(22)15-20-6-3-4-14-27-20/h1-8,13-14,16,19,21,28-29H,9-12,15H2,(H2,26,30)/t19-,21-. The lowest BCUT2D eigenvalue weighted by atomic mass is 9.92. The highest BCUT2D eigenvalue weighted by atomic mass is 16.3. The van der Waals surface area contributed by atoms with Crippen LogP contribution in [-0.4, -0.2) is 28.1 Å². The number of aliphatic hydroxyl groups is 1. The Kier molecular flexibility index (Phi) is 6.10. The van der Waals surface area contributed by atoms with Crippen molar-refractivity contribution in [3.63, 3.8) is 0 Å². The second-order valence-electron chi connectivity index (χ2n) is 7.93. The molecule has 1 amide bonds. The Morgan fingerprint density at radius 3 is 2.53 bits per heavy atom. The van der Waals surface area contributed by atoms with Crippen LogP contribution in [0.4, 0.5) is 5.69 Å². The molecular weight excluding hydrogens is 374 g/mol. The molecule has 0 aliphatic heterocycles. The number of nitrogens with zero attached hydrogens (tertiary/aromatic N) is 1. The summed E-state index contributed by atoms with van der Waals surface area (Å²) in [7, 11) is 0. The highest BCUT2D eigenvalue weighted by Gasteiger charge is 2.21. The molecule has 0 atom stereocenters. The van der Waals surface area contributed by atoms with E-state index in [9.17, 15) is 9.90 Å². The van der Waals surface area contributed by atoms with E-state index in [1.165, 1.54) is 5.56 Å². The first kappa shape index (κ1) is 20.1. The Balaban J connectivity index is 1.66. The fraction of sp³-hybridized carbons (Fsp3) is 0.280. The molecular formula is C25H27N3O2. The van der Waals surface area contributed by atoms with Crippen LogP contribution in [0.2, 0.25) is 0 Å². The van der Waals surface area contributed by atoms with E-state index < -0.39 is 5.91 Å². The average molecular weight is 402 g/mol. The number of carbonyl (C=O) groups excluding carboxylic acids is 1. The largest absolute Gasteiger partial charge is 0.393 e. The van der Waals surface area contributed by atoms with Crippen molar-refractivity contribution in [1.29, 1.82) is 0 Å². The van der Waals surface area contributed by atoms with Crippen LogP contribution in [0.25, 0.3) is 11.1 Å². The van der Waals surface area contributed by atoms with Crippen molar-refractivity contribution >= 4 is 11.6 Å². The van der Waals surface area contributed by atoms with Gasteiger partial charge in [-0.1, -0.05) is 36.4 Å². The topological polar surface area (TPSA) is 88.2 Å². The number of nitrogens with one attached hydrogen (secondary N) is 1. The zero-order chi connectivity index (χ0) is 20.9. The molecule has 2 aromatic carbocycles. The van der Waals surface area contributed by atoms with Crippen LogP contribution in [0.5, 0.6) is 0 Å². The van der Waals surface area contributed by atoms with Gasteiger partial charge in [-0.2, -0.15) is 0 Å². The number of benzene rings is 2. The summed E-state index contributed by atoms with van der Waals surface area (Å²) in [6.45, 7) is 0. The fourth-order valence-electron chi connectivity index (χ4n) is 4.14. The van der Waals surface area contributed by atoms with Gasteiger partial charge in [0.2, 0.25) is 0 Å². The number of hydrogen-bond donors (Lipinski definition) is 3. The Morgan fingerprint density at radius 2 is 1.80 bits per heavy atom. The van der Waals surface area contributed by atoms with E-state index in [0.717, 1.165) is 54.6 Å². The van der Waals surface area contributed by atoms with E-state index in [1.54, 1.807) is 6.07 Å². The molecule has 4 N–H and O–H groups in total. The molecule has 5 heteroatoms. The number of primary amides is 1. The van der Waals surface area contributed by atoms with Crippen molar-refractivity contribution in [2.75, 3.05) is 5.32 Å². The molecule has 1 fully saturated rings. The smallest absolute Gasteiger partial charge is 0.250 e. The summed E-state index contributed by atoms with van der Waals surface area (Å²) in [4.78, 5) is 16.5. The predicted octanol–water partition coefficient (Wildman–Crippen LogP) is 4.15. The molecule has 0 spiro atoms. The van der Waals surface area contributed by atoms with Gasteiger partial charge < -0.3 is 16.2 Å². The number of nitrogens with two attached hydrogens (primary N) is 1. The minimum Gasteiger partial charge on any atom is -0.393 e. The SMILES string of the molecule is NC(=O)c1ccc(-c2ccccc2Cc2ccccn2)cc1N[C@H]1CC[C@H](O)CC1. The fourth-order valence-corrected chi connectivity index (χ4v) is 4.14. The molecule has 1 saturated carbocycles. The number of aliphatic hydroxyl groups excluding tert-OH is 1. The maximum atomic E-state index is 12.0. The third-order valence-corrected chi connectivity index (χ3v) is 5.77. The van der Waals surface area contributed by atoms with Crippen molar-refractivity contribution in [3.05, 3.63) is 83.7 Å². The number of anilines is 1. The summed E-state index contributed by atoms with van der Waals surface area (Å²) in [6, 6.07) is 20.2. The molecule has 0 saturated heterocycles. The van der Waals surface area contributed by atoms with Gasteiger partial charge in [0.1, 0.15) is 0 Å².